The summed E-state index contributed by atoms with van der Waals surface area (Å²) in [6.07, 6.45) is 7.64. The van der Waals surface area contributed by atoms with E-state index in [0.29, 0.717) is 16.6 Å². The first-order valence-electron chi connectivity index (χ1n) is 11.4. The zero-order valence-electron chi connectivity index (χ0n) is 18.7. The summed E-state index contributed by atoms with van der Waals surface area (Å²) in [7, 11) is 1.70. The summed E-state index contributed by atoms with van der Waals surface area (Å²) in [6, 6.07) is 0.791. The molecule has 0 spiro atoms. The molecule has 12 heteroatoms. The molecule has 0 aromatic carbocycles. The Hall–Kier alpha value is -3.96. The number of carboxylic acid groups (broad SMARTS) is 1. The van der Waals surface area contributed by atoms with Crippen molar-refractivity contribution in [3.63, 3.8) is 0 Å². The van der Waals surface area contributed by atoms with Crippen molar-refractivity contribution in [3.8, 4) is 22.8 Å². The number of aryl methyl sites for hydroxylation is 1. The van der Waals surface area contributed by atoms with Crippen molar-refractivity contribution < 1.29 is 18.7 Å². The van der Waals surface area contributed by atoms with Gasteiger partial charge in [-0.05, 0) is 43.6 Å². The van der Waals surface area contributed by atoms with E-state index in [9.17, 15) is 14.3 Å². The Morgan fingerprint density at radius 3 is 2.63 bits per heavy atom. The number of aromatic nitrogens is 7. The minimum atomic E-state index is -0.890. The van der Waals surface area contributed by atoms with Crippen LogP contribution in [-0.2, 0) is 11.8 Å². The molecule has 3 N–H and O–H groups in total. The van der Waals surface area contributed by atoms with Gasteiger partial charge in [-0.2, -0.15) is 10.2 Å². The van der Waals surface area contributed by atoms with E-state index in [-0.39, 0.29) is 34.9 Å². The third-order valence-corrected chi connectivity index (χ3v) is 7.23. The summed E-state index contributed by atoms with van der Waals surface area (Å²) >= 11 is 0. The number of anilines is 1. The number of hydrogen-bond donors (Lipinski definition) is 3. The Labute approximate surface area is 197 Å². The van der Waals surface area contributed by atoms with Gasteiger partial charge in [0.15, 0.2) is 23.1 Å². The summed E-state index contributed by atoms with van der Waals surface area (Å²) in [6.45, 7) is 0. The first kappa shape index (κ1) is 21.6. The molecule has 0 radical (unpaired) electrons. The van der Waals surface area contributed by atoms with Crippen LogP contribution in [0.1, 0.15) is 25.7 Å². The van der Waals surface area contributed by atoms with Crippen molar-refractivity contribution in [1.82, 2.24) is 34.9 Å². The normalized spacial score (nSPS) is 23.6. The molecule has 7 rings (SSSR count). The van der Waals surface area contributed by atoms with E-state index in [1.54, 1.807) is 13.2 Å². The molecule has 3 aliphatic carbocycles. The number of aromatic amines is 1. The Kier molecular flexibility index (Phi) is 4.97. The fraction of sp³-hybridized carbons (Fsp3) is 0.391. The summed E-state index contributed by atoms with van der Waals surface area (Å²) in [5.41, 5.74) is 0.946. The second-order valence-corrected chi connectivity index (χ2v) is 9.29. The first-order chi connectivity index (χ1) is 16.9. The number of fused-ring (bicyclic) bond motifs is 4. The lowest BCUT2D eigenvalue weighted by Crippen LogP contribution is -2.51. The molecule has 35 heavy (non-hydrogen) atoms. The molecule has 2 atom stereocenters. The molecule has 180 valence electrons. The van der Waals surface area contributed by atoms with Crippen molar-refractivity contribution >= 4 is 22.8 Å². The third-order valence-electron chi connectivity index (χ3n) is 7.23. The first-order valence-corrected chi connectivity index (χ1v) is 11.4. The van der Waals surface area contributed by atoms with Gasteiger partial charge in [-0.25, -0.2) is 23.7 Å². The molecular formula is C23H22F2N8O2. The van der Waals surface area contributed by atoms with Gasteiger partial charge in [-0.1, -0.05) is 0 Å². The van der Waals surface area contributed by atoms with Crippen LogP contribution in [0.4, 0.5) is 14.6 Å². The number of nitrogens with zero attached hydrogens (tertiary/aromatic N) is 6. The van der Waals surface area contributed by atoms with Crippen molar-refractivity contribution in [3.05, 3.63) is 36.3 Å². The van der Waals surface area contributed by atoms with Gasteiger partial charge < -0.3 is 10.4 Å². The summed E-state index contributed by atoms with van der Waals surface area (Å²) < 4.78 is 31.3. The number of rotatable bonds is 5. The Balaban J connectivity index is 1.50. The second kappa shape index (κ2) is 8.07. The molecule has 0 aliphatic heterocycles. The van der Waals surface area contributed by atoms with Crippen molar-refractivity contribution in [2.24, 2.45) is 24.8 Å². The van der Waals surface area contributed by atoms with Gasteiger partial charge in [0.05, 0.1) is 23.7 Å². The Morgan fingerprint density at radius 1 is 1.14 bits per heavy atom. The molecule has 0 amide bonds. The predicted octanol–water partition coefficient (Wildman–Crippen LogP) is 3.39. The van der Waals surface area contributed by atoms with Crippen LogP contribution in [0.5, 0.6) is 0 Å². The van der Waals surface area contributed by atoms with Crippen LogP contribution in [0.2, 0.25) is 0 Å². The van der Waals surface area contributed by atoms with Crippen molar-refractivity contribution in [2.75, 3.05) is 5.32 Å². The quantitative estimate of drug-likeness (QED) is 0.396. The standard InChI is InChI=1S/C23H22F2N8O2/c1-33-9-12(7-27-33)18-16(25)21(28-17-11-4-2-10(3-5-11)15(17)23(34)35)30-22(29-18)19-14-6-13(24)8-26-20(14)32-31-19/h6-11,15,17H,2-5H2,1H3,(H,34,35)(H,26,31,32)(H,28,29,30). The lowest BCUT2D eigenvalue weighted by Gasteiger charge is -2.47. The smallest absolute Gasteiger partial charge is 0.308 e. The number of halogens is 2. The van der Waals surface area contributed by atoms with Crippen LogP contribution in [0.3, 0.4) is 0 Å². The van der Waals surface area contributed by atoms with E-state index in [2.05, 4.69) is 35.6 Å². The van der Waals surface area contributed by atoms with E-state index >= 15 is 4.39 Å². The van der Waals surface area contributed by atoms with E-state index in [1.165, 1.54) is 16.9 Å². The van der Waals surface area contributed by atoms with Crippen LogP contribution >= 0.6 is 0 Å². The summed E-state index contributed by atoms with van der Waals surface area (Å²) in [5, 5.41) is 24.4. The van der Waals surface area contributed by atoms with Crippen LogP contribution in [0, 0.1) is 29.4 Å². The fourth-order valence-corrected chi connectivity index (χ4v) is 5.60. The highest BCUT2D eigenvalue weighted by Crippen LogP contribution is 2.46. The maximum Gasteiger partial charge on any atom is 0.308 e. The predicted molar refractivity (Wildman–Crippen MR) is 121 cm³/mol. The van der Waals surface area contributed by atoms with E-state index in [0.717, 1.165) is 31.9 Å². The minimum Gasteiger partial charge on any atom is -0.481 e. The largest absolute Gasteiger partial charge is 0.481 e. The lowest BCUT2D eigenvalue weighted by atomic mass is 9.61. The molecule has 3 saturated carbocycles. The van der Waals surface area contributed by atoms with Crippen molar-refractivity contribution in [2.45, 2.75) is 31.7 Å². The molecule has 3 aliphatic rings. The molecule has 4 aromatic rings. The van der Waals surface area contributed by atoms with Crippen LogP contribution < -0.4 is 5.32 Å². The van der Waals surface area contributed by atoms with Crippen LogP contribution in [-0.4, -0.2) is 52.0 Å². The number of aliphatic carboxylic acids is 1. The lowest BCUT2D eigenvalue weighted by molar-refractivity contribution is -0.148. The van der Waals surface area contributed by atoms with Gasteiger partial charge >= 0.3 is 5.97 Å². The van der Waals surface area contributed by atoms with Gasteiger partial charge in [0, 0.05) is 24.8 Å². The number of carboxylic acids is 1. The van der Waals surface area contributed by atoms with Gasteiger partial charge in [0.25, 0.3) is 0 Å². The fourth-order valence-electron chi connectivity index (χ4n) is 5.60. The molecule has 0 saturated heterocycles. The number of nitrogens with one attached hydrogen (secondary N) is 2. The number of carbonyl (C=O) groups is 1. The van der Waals surface area contributed by atoms with Gasteiger partial charge in [-0.15, -0.1) is 0 Å². The average molecular weight is 480 g/mol. The van der Waals surface area contributed by atoms with E-state index in [1.807, 2.05) is 0 Å². The summed E-state index contributed by atoms with van der Waals surface area (Å²) in [5.74, 6) is -2.71. The minimum absolute atomic E-state index is 0.0149. The van der Waals surface area contributed by atoms with Crippen LogP contribution in [0.15, 0.2) is 24.7 Å². The molecule has 2 bridgehead atoms. The average Bonchev–Trinajstić information content (AvgIpc) is 3.46. The zero-order valence-corrected chi connectivity index (χ0v) is 18.7. The Bertz CT molecular complexity index is 1440. The monoisotopic (exact) mass is 480 g/mol. The summed E-state index contributed by atoms with van der Waals surface area (Å²) in [4.78, 5) is 24.9. The number of pyridine rings is 1. The maximum absolute atomic E-state index is 15.8. The maximum atomic E-state index is 15.8. The Morgan fingerprint density at radius 2 is 1.91 bits per heavy atom. The zero-order chi connectivity index (χ0) is 24.3. The highest BCUT2D eigenvalue weighted by atomic mass is 19.1. The SMILES string of the molecule is Cn1cc(-c2nc(-c3n[nH]c4ncc(F)cc34)nc(NC3C4CCC(CC4)C3C(=O)O)c2F)cn1. The van der Waals surface area contributed by atoms with Gasteiger partial charge in [-0.3, -0.25) is 14.6 Å². The number of hydrogen-bond acceptors (Lipinski definition) is 7. The highest BCUT2D eigenvalue weighted by molar-refractivity contribution is 5.89. The van der Waals surface area contributed by atoms with Crippen LogP contribution in [0.25, 0.3) is 33.8 Å². The molecule has 4 heterocycles. The molecule has 4 aromatic heterocycles. The second-order valence-electron chi connectivity index (χ2n) is 9.29. The molecular weight excluding hydrogens is 458 g/mol. The molecule has 10 nitrogen and oxygen atoms in total. The van der Waals surface area contributed by atoms with E-state index in [4.69, 9.17) is 0 Å². The third kappa shape index (κ3) is 3.60. The highest BCUT2D eigenvalue weighted by Gasteiger charge is 2.47. The van der Waals surface area contributed by atoms with Crippen molar-refractivity contribution in [1.29, 1.82) is 0 Å². The topological polar surface area (TPSA) is 134 Å². The number of H-pyrrole nitrogens is 1. The molecule has 2 unspecified atom stereocenters. The van der Waals surface area contributed by atoms with Gasteiger partial charge in [0.2, 0.25) is 0 Å². The van der Waals surface area contributed by atoms with Gasteiger partial charge in [0.1, 0.15) is 17.2 Å². The van der Waals surface area contributed by atoms with E-state index < -0.39 is 29.6 Å². The molecule has 3 fully saturated rings.